The molecule has 4 nitrogen and oxygen atoms in total. The maximum Gasteiger partial charge on any atom is 0.313 e. The second-order valence-corrected chi connectivity index (χ2v) is 5.92. The molecule has 0 aliphatic rings. The van der Waals surface area contributed by atoms with Gasteiger partial charge in [0.2, 0.25) is 0 Å². The maximum atomic E-state index is 11.3. The largest absolute Gasteiger partial charge is 0.481 e. The van der Waals surface area contributed by atoms with Crippen LogP contribution in [0.2, 0.25) is 0 Å². The van der Waals surface area contributed by atoms with Crippen molar-refractivity contribution < 1.29 is 9.90 Å². The summed E-state index contributed by atoms with van der Waals surface area (Å²) >= 11 is 1.44. The average Bonchev–Trinajstić information content (AvgIpc) is 2.82. The molecule has 106 valence electrons. The quantitative estimate of drug-likeness (QED) is 0.885. The Balaban J connectivity index is 2.14. The van der Waals surface area contributed by atoms with E-state index in [1.165, 1.54) is 11.5 Å². The van der Waals surface area contributed by atoms with E-state index in [1.54, 1.807) is 13.8 Å². The molecule has 2 rings (SSSR count). The van der Waals surface area contributed by atoms with E-state index in [-0.39, 0.29) is 0 Å². The summed E-state index contributed by atoms with van der Waals surface area (Å²) in [5.41, 5.74) is 3.01. The molecule has 1 aromatic carbocycles. The number of hydrogen-bond acceptors (Lipinski definition) is 4. The summed E-state index contributed by atoms with van der Waals surface area (Å²) < 4.78 is 4.23. The monoisotopic (exact) mass is 290 g/mol. The summed E-state index contributed by atoms with van der Waals surface area (Å²) in [7, 11) is 0. The first-order chi connectivity index (χ1) is 9.41. The molecule has 2 aromatic rings. The zero-order chi connectivity index (χ0) is 14.8. The highest BCUT2D eigenvalue weighted by molar-refractivity contribution is 7.03. The van der Waals surface area contributed by atoms with E-state index in [4.69, 9.17) is 0 Å². The molecule has 1 aromatic heterocycles. The zero-order valence-corrected chi connectivity index (χ0v) is 12.6. The summed E-state index contributed by atoms with van der Waals surface area (Å²) in [4.78, 5) is 11.3. The lowest BCUT2D eigenvalue weighted by molar-refractivity contribution is -0.142. The third-order valence-electron chi connectivity index (χ3n) is 3.45. The molecule has 0 aliphatic heterocycles. The lowest BCUT2D eigenvalue weighted by atomic mass is 9.84. The fourth-order valence-electron chi connectivity index (χ4n) is 1.82. The van der Waals surface area contributed by atoms with Crippen LogP contribution in [0, 0.1) is 6.92 Å². The van der Waals surface area contributed by atoms with Crippen molar-refractivity contribution in [3.63, 3.8) is 0 Å². The second-order valence-electron chi connectivity index (χ2n) is 5.29. The molecule has 0 saturated heterocycles. The normalized spacial score (nSPS) is 11.3. The number of rotatable bonds is 5. The van der Waals surface area contributed by atoms with E-state index >= 15 is 0 Å². The molecule has 0 bridgehead atoms. The van der Waals surface area contributed by atoms with Crippen molar-refractivity contribution in [1.29, 1.82) is 0 Å². The minimum Gasteiger partial charge on any atom is -0.481 e. The average molecular weight is 290 g/mol. The van der Waals surface area contributed by atoms with E-state index in [2.05, 4.69) is 9.69 Å². The Bertz CT molecular complexity index is 620. The van der Waals surface area contributed by atoms with Gasteiger partial charge in [0.25, 0.3) is 0 Å². The summed E-state index contributed by atoms with van der Waals surface area (Å²) in [5.74, 6) is -0.826. The lowest BCUT2D eigenvalue weighted by Gasteiger charge is -2.20. The van der Waals surface area contributed by atoms with Crippen LogP contribution in [0.3, 0.4) is 0 Å². The van der Waals surface area contributed by atoms with Gasteiger partial charge < -0.3 is 10.4 Å². The lowest BCUT2D eigenvalue weighted by Crippen LogP contribution is -2.28. The SMILES string of the molecule is Cc1nscc1CNc1cccc(C(C)(C)C(=O)O)c1. The van der Waals surface area contributed by atoms with Gasteiger partial charge in [-0.1, -0.05) is 12.1 Å². The first-order valence-electron chi connectivity index (χ1n) is 6.39. The molecule has 0 saturated carbocycles. The van der Waals surface area contributed by atoms with Crippen molar-refractivity contribution in [3.8, 4) is 0 Å². The van der Waals surface area contributed by atoms with Gasteiger partial charge in [0.1, 0.15) is 0 Å². The van der Waals surface area contributed by atoms with E-state index in [9.17, 15) is 9.90 Å². The summed E-state index contributed by atoms with van der Waals surface area (Å²) in [6.45, 7) is 6.10. The van der Waals surface area contributed by atoms with Gasteiger partial charge in [-0.25, -0.2) is 0 Å². The van der Waals surface area contributed by atoms with Crippen LogP contribution in [0.5, 0.6) is 0 Å². The van der Waals surface area contributed by atoms with Gasteiger partial charge in [0, 0.05) is 23.2 Å². The Morgan fingerprint density at radius 1 is 1.45 bits per heavy atom. The molecule has 0 aliphatic carbocycles. The van der Waals surface area contributed by atoms with Gasteiger partial charge in [-0.05, 0) is 50.0 Å². The number of hydrogen-bond donors (Lipinski definition) is 2. The van der Waals surface area contributed by atoms with E-state index < -0.39 is 11.4 Å². The minimum atomic E-state index is -0.891. The Morgan fingerprint density at radius 3 is 2.80 bits per heavy atom. The van der Waals surface area contributed by atoms with Gasteiger partial charge in [-0.15, -0.1) is 0 Å². The Morgan fingerprint density at radius 2 is 2.20 bits per heavy atom. The molecular formula is C15H18N2O2S. The van der Waals surface area contributed by atoms with E-state index in [1.807, 2.05) is 36.6 Å². The highest BCUT2D eigenvalue weighted by Crippen LogP contribution is 2.26. The number of carbonyl (C=O) groups is 1. The number of carboxylic acid groups (broad SMARTS) is 1. The Hall–Kier alpha value is -1.88. The molecule has 0 spiro atoms. The first kappa shape index (κ1) is 14.5. The third kappa shape index (κ3) is 2.99. The minimum absolute atomic E-state index is 0.694. The summed E-state index contributed by atoms with van der Waals surface area (Å²) in [6, 6.07) is 7.55. The van der Waals surface area contributed by atoms with Crippen molar-refractivity contribution in [3.05, 3.63) is 46.5 Å². The van der Waals surface area contributed by atoms with Gasteiger partial charge in [-0.2, -0.15) is 4.37 Å². The molecule has 2 N–H and O–H groups in total. The summed E-state index contributed by atoms with van der Waals surface area (Å²) in [5, 5.41) is 14.6. The standard InChI is InChI=1S/C15H18N2O2S/c1-10-11(9-20-17-10)8-16-13-6-4-5-12(7-13)15(2,3)14(18)19/h4-7,9,16H,8H2,1-3H3,(H,18,19). The van der Waals surface area contributed by atoms with Crippen LogP contribution in [0.4, 0.5) is 5.69 Å². The predicted octanol–water partition coefficient (Wildman–Crippen LogP) is 3.43. The molecule has 0 radical (unpaired) electrons. The van der Waals surface area contributed by atoms with Crippen molar-refractivity contribution in [2.75, 3.05) is 5.32 Å². The van der Waals surface area contributed by atoms with Crippen LogP contribution < -0.4 is 5.32 Å². The molecule has 0 unspecified atom stereocenters. The summed E-state index contributed by atoms with van der Waals surface area (Å²) in [6.07, 6.45) is 0. The zero-order valence-electron chi connectivity index (χ0n) is 11.8. The smallest absolute Gasteiger partial charge is 0.313 e. The van der Waals surface area contributed by atoms with Crippen LogP contribution in [-0.4, -0.2) is 15.4 Å². The van der Waals surface area contributed by atoms with E-state index in [0.29, 0.717) is 6.54 Å². The third-order valence-corrected chi connectivity index (χ3v) is 4.22. The number of carboxylic acids is 1. The number of benzene rings is 1. The molecule has 1 heterocycles. The fourth-order valence-corrected chi connectivity index (χ4v) is 2.53. The first-order valence-corrected chi connectivity index (χ1v) is 7.22. The molecule has 20 heavy (non-hydrogen) atoms. The number of anilines is 1. The number of nitrogens with one attached hydrogen (secondary N) is 1. The highest BCUT2D eigenvalue weighted by Gasteiger charge is 2.29. The Kier molecular flexibility index (Phi) is 4.09. The van der Waals surface area contributed by atoms with Gasteiger partial charge in [0.05, 0.1) is 11.1 Å². The van der Waals surface area contributed by atoms with Crippen molar-refractivity contribution in [2.24, 2.45) is 0 Å². The molecule has 5 heteroatoms. The fraction of sp³-hybridized carbons (Fsp3) is 0.333. The van der Waals surface area contributed by atoms with Gasteiger partial charge >= 0.3 is 5.97 Å². The number of aromatic nitrogens is 1. The molecule has 0 amide bonds. The second kappa shape index (κ2) is 5.63. The topological polar surface area (TPSA) is 62.2 Å². The Labute approximate surface area is 122 Å². The van der Waals surface area contributed by atoms with Crippen LogP contribution in [-0.2, 0) is 16.8 Å². The van der Waals surface area contributed by atoms with Crippen LogP contribution in [0.1, 0.15) is 30.7 Å². The van der Waals surface area contributed by atoms with Crippen molar-refractivity contribution in [2.45, 2.75) is 32.7 Å². The predicted molar refractivity (Wildman–Crippen MR) is 81.3 cm³/mol. The number of aryl methyl sites for hydroxylation is 1. The molecular weight excluding hydrogens is 272 g/mol. The molecule has 0 fully saturated rings. The van der Waals surface area contributed by atoms with Crippen molar-refractivity contribution >= 4 is 23.2 Å². The maximum absolute atomic E-state index is 11.3. The van der Waals surface area contributed by atoms with Gasteiger partial charge in [0.15, 0.2) is 0 Å². The van der Waals surface area contributed by atoms with E-state index in [0.717, 1.165) is 22.5 Å². The van der Waals surface area contributed by atoms with Crippen LogP contribution in [0.15, 0.2) is 29.6 Å². The van der Waals surface area contributed by atoms with Crippen molar-refractivity contribution in [1.82, 2.24) is 4.37 Å². The van der Waals surface area contributed by atoms with Crippen LogP contribution >= 0.6 is 11.5 Å². The number of aliphatic carboxylic acids is 1. The van der Waals surface area contributed by atoms with Crippen LogP contribution in [0.25, 0.3) is 0 Å². The van der Waals surface area contributed by atoms with Gasteiger partial charge in [-0.3, -0.25) is 4.79 Å². The highest BCUT2D eigenvalue weighted by atomic mass is 32.1. The molecule has 0 atom stereocenters. The number of nitrogens with zero attached hydrogens (tertiary/aromatic N) is 1.